The molecule has 0 aliphatic rings. The van der Waals surface area contributed by atoms with Crippen LogP contribution in [0.25, 0.3) is 0 Å². The lowest BCUT2D eigenvalue weighted by Crippen LogP contribution is -2.21. The maximum atomic E-state index is 10.3. The second-order valence-corrected chi connectivity index (χ2v) is 3.59. The number of nitrogens with one attached hydrogen (secondary N) is 1. The molecular weight excluding hydrogens is 206 g/mol. The van der Waals surface area contributed by atoms with Crippen molar-refractivity contribution in [1.82, 2.24) is 5.32 Å². The summed E-state index contributed by atoms with van der Waals surface area (Å²) in [4.78, 5) is 10.3. The van der Waals surface area contributed by atoms with E-state index >= 15 is 0 Å². The van der Waals surface area contributed by atoms with Crippen LogP contribution >= 0.6 is 0 Å². The second kappa shape index (κ2) is 6.12. The van der Waals surface area contributed by atoms with Gasteiger partial charge in [-0.3, -0.25) is 4.79 Å². The van der Waals surface area contributed by atoms with Crippen LogP contribution in [0, 0.1) is 0 Å². The Hall–Kier alpha value is -1.55. The van der Waals surface area contributed by atoms with Crippen molar-refractivity contribution in [2.24, 2.45) is 0 Å². The van der Waals surface area contributed by atoms with E-state index in [4.69, 9.17) is 9.84 Å². The van der Waals surface area contributed by atoms with Gasteiger partial charge >= 0.3 is 5.97 Å². The molecule has 0 saturated heterocycles. The van der Waals surface area contributed by atoms with Crippen molar-refractivity contribution >= 4 is 5.97 Å². The fourth-order valence-corrected chi connectivity index (χ4v) is 1.41. The van der Waals surface area contributed by atoms with Gasteiger partial charge in [-0.2, -0.15) is 0 Å². The minimum absolute atomic E-state index is 0.139. The summed E-state index contributed by atoms with van der Waals surface area (Å²) in [6.07, 6.45) is 0.139. The lowest BCUT2D eigenvalue weighted by atomic mass is 10.1. The molecule has 0 fully saturated rings. The number of benzene rings is 1. The molecule has 0 aromatic heterocycles. The van der Waals surface area contributed by atoms with Crippen molar-refractivity contribution < 1.29 is 14.6 Å². The third-order valence-electron chi connectivity index (χ3n) is 2.41. The van der Waals surface area contributed by atoms with Gasteiger partial charge in [0.05, 0.1) is 13.5 Å². The van der Waals surface area contributed by atoms with Crippen molar-refractivity contribution in [2.75, 3.05) is 13.7 Å². The molecule has 0 radical (unpaired) electrons. The van der Waals surface area contributed by atoms with Gasteiger partial charge in [0, 0.05) is 12.6 Å². The fraction of sp³-hybridized carbons (Fsp3) is 0.417. The first-order valence-corrected chi connectivity index (χ1v) is 5.22. The Labute approximate surface area is 95.2 Å². The Morgan fingerprint density at radius 2 is 2.06 bits per heavy atom. The number of aliphatic carboxylic acids is 1. The summed E-state index contributed by atoms with van der Waals surface area (Å²) in [5.41, 5.74) is 1.12. The van der Waals surface area contributed by atoms with Crippen LogP contribution in [-0.4, -0.2) is 24.7 Å². The lowest BCUT2D eigenvalue weighted by molar-refractivity contribution is -0.136. The molecule has 0 saturated carbocycles. The van der Waals surface area contributed by atoms with Crippen molar-refractivity contribution in [3.8, 4) is 5.75 Å². The minimum atomic E-state index is -0.783. The topological polar surface area (TPSA) is 58.6 Å². The molecule has 0 aliphatic carbocycles. The van der Waals surface area contributed by atoms with Crippen LogP contribution in [-0.2, 0) is 4.79 Å². The molecule has 1 aromatic rings. The maximum Gasteiger partial charge on any atom is 0.304 e. The third-order valence-corrected chi connectivity index (χ3v) is 2.41. The molecule has 0 heterocycles. The Balaban J connectivity index is 2.45. The fourth-order valence-electron chi connectivity index (χ4n) is 1.41. The highest BCUT2D eigenvalue weighted by molar-refractivity contribution is 5.66. The minimum Gasteiger partial charge on any atom is -0.497 e. The molecule has 4 heteroatoms. The summed E-state index contributed by atoms with van der Waals surface area (Å²) in [6, 6.07) is 7.87. The molecule has 1 atom stereocenters. The van der Waals surface area contributed by atoms with Gasteiger partial charge in [-0.05, 0) is 24.6 Å². The van der Waals surface area contributed by atoms with E-state index in [1.54, 1.807) is 7.11 Å². The molecule has 16 heavy (non-hydrogen) atoms. The number of hydrogen-bond donors (Lipinski definition) is 2. The number of rotatable bonds is 6. The summed E-state index contributed by atoms with van der Waals surface area (Å²) in [6.45, 7) is 2.48. The van der Waals surface area contributed by atoms with Crippen molar-refractivity contribution in [1.29, 1.82) is 0 Å². The van der Waals surface area contributed by atoms with Gasteiger partial charge in [0.25, 0.3) is 0 Å². The molecule has 88 valence electrons. The van der Waals surface area contributed by atoms with E-state index in [-0.39, 0.29) is 12.5 Å². The first kappa shape index (κ1) is 12.5. The largest absolute Gasteiger partial charge is 0.497 e. The molecule has 0 spiro atoms. The van der Waals surface area contributed by atoms with E-state index in [9.17, 15) is 4.79 Å². The second-order valence-electron chi connectivity index (χ2n) is 3.59. The van der Waals surface area contributed by atoms with Crippen LogP contribution in [0.2, 0.25) is 0 Å². The van der Waals surface area contributed by atoms with Gasteiger partial charge in [-0.25, -0.2) is 0 Å². The Kier molecular flexibility index (Phi) is 4.79. The third kappa shape index (κ3) is 3.90. The van der Waals surface area contributed by atoms with Crippen LogP contribution < -0.4 is 10.1 Å². The van der Waals surface area contributed by atoms with Crippen LogP contribution in [0.3, 0.4) is 0 Å². The average Bonchev–Trinajstić information content (AvgIpc) is 2.28. The first-order valence-electron chi connectivity index (χ1n) is 5.22. The van der Waals surface area contributed by atoms with Crippen molar-refractivity contribution in [2.45, 2.75) is 19.4 Å². The zero-order valence-electron chi connectivity index (χ0n) is 9.56. The van der Waals surface area contributed by atoms with Gasteiger partial charge in [-0.1, -0.05) is 12.1 Å². The van der Waals surface area contributed by atoms with E-state index in [1.807, 2.05) is 31.2 Å². The van der Waals surface area contributed by atoms with Crippen LogP contribution in [0.1, 0.15) is 24.9 Å². The predicted octanol–water partition coefficient (Wildman–Crippen LogP) is 1.82. The Morgan fingerprint density at radius 3 is 2.56 bits per heavy atom. The molecular formula is C12H17NO3. The van der Waals surface area contributed by atoms with Gasteiger partial charge in [0.15, 0.2) is 0 Å². The van der Waals surface area contributed by atoms with Gasteiger partial charge in [-0.15, -0.1) is 0 Å². The molecule has 0 bridgehead atoms. The molecule has 0 unspecified atom stereocenters. The van der Waals surface area contributed by atoms with E-state index < -0.39 is 5.97 Å². The summed E-state index contributed by atoms with van der Waals surface area (Å²) >= 11 is 0. The van der Waals surface area contributed by atoms with E-state index in [0.717, 1.165) is 11.3 Å². The zero-order chi connectivity index (χ0) is 12.0. The predicted molar refractivity (Wildman–Crippen MR) is 61.7 cm³/mol. The van der Waals surface area contributed by atoms with Crippen molar-refractivity contribution in [3.05, 3.63) is 29.8 Å². The molecule has 2 N–H and O–H groups in total. The zero-order valence-corrected chi connectivity index (χ0v) is 9.56. The summed E-state index contributed by atoms with van der Waals surface area (Å²) in [5.74, 6) is 0.0379. The molecule has 0 aliphatic heterocycles. The SMILES string of the molecule is COc1ccc([C@@H](C)NCCC(=O)O)cc1. The van der Waals surface area contributed by atoms with E-state index in [2.05, 4.69) is 5.32 Å². The van der Waals surface area contributed by atoms with Gasteiger partial charge in [0.1, 0.15) is 5.75 Å². The van der Waals surface area contributed by atoms with Crippen LogP contribution in [0.5, 0.6) is 5.75 Å². The number of carbonyl (C=O) groups is 1. The standard InChI is InChI=1S/C12H17NO3/c1-9(13-8-7-12(14)15)10-3-5-11(16-2)6-4-10/h3-6,9,13H,7-8H2,1-2H3,(H,14,15)/t9-/m1/s1. The number of ether oxygens (including phenoxy) is 1. The van der Waals surface area contributed by atoms with Crippen molar-refractivity contribution in [3.63, 3.8) is 0 Å². The van der Waals surface area contributed by atoms with E-state index in [1.165, 1.54) is 0 Å². The Morgan fingerprint density at radius 1 is 1.44 bits per heavy atom. The summed E-state index contributed by atoms with van der Waals surface area (Å²) in [7, 11) is 1.63. The highest BCUT2D eigenvalue weighted by Gasteiger charge is 2.05. The number of carboxylic acid groups (broad SMARTS) is 1. The van der Waals surface area contributed by atoms with E-state index in [0.29, 0.717) is 6.54 Å². The molecule has 1 rings (SSSR count). The summed E-state index contributed by atoms with van der Waals surface area (Å²) < 4.78 is 5.06. The monoisotopic (exact) mass is 223 g/mol. The molecule has 4 nitrogen and oxygen atoms in total. The van der Waals surface area contributed by atoms with Gasteiger partial charge in [0.2, 0.25) is 0 Å². The normalized spacial score (nSPS) is 12.1. The first-order chi connectivity index (χ1) is 7.63. The summed E-state index contributed by atoms with van der Waals surface area (Å²) in [5, 5.41) is 11.7. The molecule has 1 aromatic carbocycles. The number of hydrogen-bond acceptors (Lipinski definition) is 3. The number of carboxylic acids is 1. The highest BCUT2D eigenvalue weighted by Crippen LogP contribution is 2.16. The maximum absolute atomic E-state index is 10.3. The highest BCUT2D eigenvalue weighted by atomic mass is 16.5. The van der Waals surface area contributed by atoms with Crippen LogP contribution in [0.4, 0.5) is 0 Å². The quantitative estimate of drug-likeness (QED) is 0.772. The Bertz CT molecular complexity index is 335. The lowest BCUT2D eigenvalue weighted by Gasteiger charge is -2.13. The average molecular weight is 223 g/mol. The smallest absolute Gasteiger partial charge is 0.304 e. The van der Waals surface area contributed by atoms with Crippen LogP contribution in [0.15, 0.2) is 24.3 Å². The van der Waals surface area contributed by atoms with Gasteiger partial charge < -0.3 is 15.2 Å². The number of methoxy groups -OCH3 is 1. The molecule has 0 amide bonds.